The minimum absolute atomic E-state index is 0.0104. The molecule has 2 aromatic rings. The molecule has 0 spiro atoms. The summed E-state index contributed by atoms with van der Waals surface area (Å²) in [7, 11) is 1.74. The van der Waals surface area contributed by atoms with Crippen LogP contribution in [0.25, 0.3) is 0 Å². The van der Waals surface area contributed by atoms with Crippen LogP contribution in [0, 0.1) is 0 Å². The van der Waals surface area contributed by atoms with Gasteiger partial charge in [-0.3, -0.25) is 4.68 Å². The molecule has 102 valence electrons. The molecule has 2 heterocycles. The summed E-state index contributed by atoms with van der Waals surface area (Å²) in [6.07, 6.45) is -1.22. The molecule has 19 heavy (non-hydrogen) atoms. The van der Waals surface area contributed by atoms with E-state index < -0.39 is 17.2 Å². The molecular weight excluding hydrogens is 283 g/mol. The van der Waals surface area contributed by atoms with Gasteiger partial charge in [0.15, 0.2) is 5.69 Å². The smallest absolute Gasteiger partial charge is 0.366 e. The number of aromatic nitrogens is 4. The van der Waals surface area contributed by atoms with Gasteiger partial charge in [-0.2, -0.15) is 18.3 Å². The lowest BCUT2D eigenvalue weighted by Crippen LogP contribution is -2.11. The van der Waals surface area contributed by atoms with Crippen LogP contribution in [-0.2, 0) is 19.8 Å². The minimum Gasteiger partial charge on any atom is -0.366 e. The number of anilines is 1. The topological polar surface area (TPSA) is 55.6 Å². The molecule has 0 saturated carbocycles. The first-order chi connectivity index (χ1) is 8.84. The number of aryl methyl sites for hydroxylation is 1. The molecule has 0 aliphatic heterocycles. The highest BCUT2D eigenvalue weighted by atomic mass is 35.5. The monoisotopic (exact) mass is 291 g/mol. The van der Waals surface area contributed by atoms with Gasteiger partial charge in [-0.1, -0.05) is 0 Å². The third-order valence-corrected chi connectivity index (χ3v) is 2.39. The van der Waals surface area contributed by atoms with Crippen molar-refractivity contribution in [3.63, 3.8) is 0 Å². The molecular formula is C10H9ClF3N5. The van der Waals surface area contributed by atoms with E-state index >= 15 is 0 Å². The van der Waals surface area contributed by atoms with E-state index in [1.807, 2.05) is 0 Å². The SMILES string of the molecule is Cn1cc(CNc2cc(C(F)(F)F)nc(Cl)n2)cn1. The third kappa shape index (κ3) is 3.57. The van der Waals surface area contributed by atoms with Crippen molar-refractivity contribution in [3.8, 4) is 0 Å². The van der Waals surface area contributed by atoms with Crippen molar-refractivity contribution < 1.29 is 13.2 Å². The van der Waals surface area contributed by atoms with Gasteiger partial charge in [0.25, 0.3) is 0 Å². The fourth-order valence-corrected chi connectivity index (χ4v) is 1.59. The Balaban J connectivity index is 2.14. The average Bonchev–Trinajstić information content (AvgIpc) is 2.71. The van der Waals surface area contributed by atoms with Gasteiger partial charge in [-0.05, 0) is 11.6 Å². The molecule has 0 aliphatic rings. The van der Waals surface area contributed by atoms with Gasteiger partial charge in [0.1, 0.15) is 5.82 Å². The first kappa shape index (κ1) is 13.6. The largest absolute Gasteiger partial charge is 0.433 e. The molecule has 0 aromatic carbocycles. The zero-order valence-electron chi connectivity index (χ0n) is 9.74. The highest BCUT2D eigenvalue weighted by Gasteiger charge is 2.33. The number of hydrogen-bond acceptors (Lipinski definition) is 4. The highest BCUT2D eigenvalue weighted by Crippen LogP contribution is 2.29. The van der Waals surface area contributed by atoms with E-state index in [-0.39, 0.29) is 5.82 Å². The first-order valence-electron chi connectivity index (χ1n) is 5.18. The first-order valence-corrected chi connectivity index (χ1v) is 5.55. The predicted molar refractivity (Wildman–Crippen MR) is 62.6 cm³/mol. The molecule has 5 nitrogen and oxygen atoms in total. The maximum atomic E-state index is 12.5. The summed E-state index contributed by atoms with van der Waals surface area (Å²) in [5.74, 6) is 0.0104. The number of nitrogens with one attached hydrogen (secondary N) is 1. The summed E-state index contributed by atoms with van der Waals surface area (Å²) in [6.45, 7) is 0.290. The van der Waals surface area contributed by atoms with E-state index in [0.717, 1.165) is 11.6 Å². The second kappa shape index (κ2) is 5.04. The van der Waals surface area contributed by atoms with E-state index in [9.17, 15) is 13.2 Å². The Morgan fingerprint density at radius 3 is 2.68 bits per heavy atom. The van der Waals surface area contributed by atoms with Crippen LogP contribution in [-0.4, -0.2) is 19.7 Å². The maximum Gasteiger partial charge on any atom is 0.433 e. The van der Waals surface area contributed by atoms with Gasteiger partial charge in [0, 0.05) is 31.4 Å². The molecule has 9 heteroatoms. The lowest BCUT2D eigenvalue weighted by molar-refractivity contribution is -0.141. The molecule has 0 amide bonds. The van der Waals surface area contributed by atoms with Crippen LogP contribution in [0.3, 0.4) is 0 Å². The summed E-state index contributed by atoms with van der Waals surface area (Å²) in [4.78, 5) is 6.82. The standard InChI is InChI=1S/C10H9ClF3N5/c1-19-5-6(4-16-19)3-15-8-2-7(10(12,13)14)17-9(11)18-8/h2,4-5H,3H2,1H3,(H,15,17,18). The van der Waals surface area contributed by atoms with Crippen molar-refractivity contribution >= 4 is 17.4 Å². The van der Waals surface area contributed by atoms with Gasteiger partial charge in [-0.25, -0.2) is 9.97 Å². The minimum atomic E-state index is -4.56. The van der Waals surface area contributed by atoms with Crippen LogP contribution in [0.15, 0.2) is 18.5 Å². The molecule has 2 rings (SSSR count). The van der Waals surface area contributed by atoms with Gasteiger partial charge in [-0.15, -0.1) is 0 Å². The molecule has 0 radical (unpaired) electrons. The molecule has 0 fully saturated rings. The van der Waals surface area contributed by atoms with E-state index in [0.29, 0.717) is 6.54 Å². The summed E-state index contributed by atoms with van der Waals surface area (Å²) in [5.41, 5.74) is -0.271. The zero-order chi connectivity index (χ0) is 14.0. The van der Waals surface area contributed by atoms with Crippen LogP contribution in [0.4, 0.5) is 19.0 Å². The number of hydrogen-bond donors (Lipinski definition) is 1. The zero-order valence-corrected chi connectivity index (χ0v) is 10.5. The fraction of sp³-hybridized carbons (Fsp3) is 0.300. The van der Waals surface area contributed by atoms with Crippen molar-refractivity contribution in [2.24, 2.45) is 7.05 Å². The fourth-order valence-electron chi connectivity index (χ4n) is 1.41. The lowest BCUT2D eigenvalue weighted by atomic mass is 10.3. The molecule has 0 atom stereocenters. The van der Waals surface area contributed by atoms with E-state index in [4.69, 9.17) is 11.6 Å². The number of halogens is 4. The molecule has 0 aliphatic carbocycles. The normalized spacial score (nSPS) is 11.6. The van der Waals surface area contributed by atoms with Crippen molar-refractivity contribution in [2.45, 2.75) is 12.7 Å². The summed E-state index contributed by atoms with van der Waals surface area (Å²) >= 11 is 5.46. The molecule has 0 saturated heterocycles. The Morgan fingerprint density at radius 2 is 2.11 bits per heavy atom. The van der Waals surface area contributed by atoms with E-state index in [2.05, 4.69) is 20.4 Å². The number of rotatable bonds is 3. The predicted octanol–water partition coefficient (Wildman–Crippen LogP) is 2.49. The Morgan fingerprint density at radius 1 is 1.37 bits per heavy atom. The summed E-state index contributed by atoms with van der Waals surface area (Å²) in [5, 5.41) is 6.22. The summed E-state index contributed by atoms with van der Waals surface area (Å²) < 4.78 is 39.2. The second-order valence-electron chi connectivity index (χ2n) is 3.78. The van der Waals surface area contributed by atoms with Crippen molar-refractivity contribution in [2.75, 3.05) is 5.32 Å². The Bertz CT molecular complexity index is 581. The van der Waals surface area contributed by atoms with Gasteiger partial charge in [0.05, 0.1) is 6.20 Å². The third-order valence-electron chi connectivity index (χ3n) is 2.22. The van der Waals surface area contributed by atoms with E-state index in [1.54, 1.807) is 24.1 Å². The highest BCUT2D eigenvalue weighted by molar-refractivity contribution is 6.28. The van der Waals surface area contributed by atoms with Crippen molar-refractivity contribution in [1.82, 2.24) is 19.7 Å². The lowest BCUT2D eigenvalue weighted by Gasteiger charge is -2.09. The molecule has 0 bridgehead atoms. The van der Waals surface area contributed by atoms with Crippen molar-refractivity contribution in [3.05, 3.63) is 35.0 Å². The van der Waals surface area contributed by atoms with Crippen LogP contribution in [0.2, 0.25) is 5.28 Å². The van der Waals surface area contributed by atoms with Gasteiger partial charge >= 0.3 is 6.18 Å². The second-order valence-corrected chi connectivity index (χ2v) is 4.12. The van der Waals surface area contributed by atoms with Crippen LogP contribution >= 0.6 is 11.6 Å². The van der Waals surface area contributed by atoms with Crippen LogP contribution in [0.1, 0.15) is 11.3 Å². The molecule has 2 aromatic heterocycles. The Hall–Kier alpha value is -1.83. The van der Waals surface area contributed by atoms with Crippen LogP contribution < -0.4 is 5.32 Å². The average molecular weight is 292 g/mol. The van der Waals surface area contributed by atoms with Crippen LogP contribution in [0.5, 0.6) is 0 Å². The Kier molecular flexibility index (Phi) is 3.61. The molecule has 1 N–H and O–H groups in total. The maximum absolute atomic E-state index is 12.5. The summed E-state index contributed by atoms with van der Waals surface area (Å²) in [6, 6.07) is 0.808. The van der Waals surface area contributed by atoms with Gasteiger partial charge < -0.3 is 5.32 Å². The van der Waals surface area contributed by atoms with Crippen molar-refractivity contribution in [1.29, 1.82) is 0 Å². The quantitative estimate of drug-likeness (QED) is 0.883. The Labute approximate surface area is 111 Å². The molecule has 0 unspecified atom stereocenters. The van der Waals surface area contributed by atoms with Gasteiger partial charge in [0.2, 0.25) is 5.28 Å². The number of alkyl halides is 3. The van der Waals surface area contributed by atoms with E-state index in [1.165, 1.54) is 0 Å². The number of nitrogens with zero attached hydrogens (tertiary/aromatic N) is 4.